The summed E-state index contributed by atoms with van der Waals surface area (Å²) in [7, 11) is -4.09. The molecule has 0 bridgehead atoms. The molecule has 0 radical (unpaired) electrons. The Morgan fingerprint density at radius 2 is 1.97 bits per heavy atom. The van der Waals surface area contributed by atoms with E-state index < -0.39 is 15.9 Å². The number of amides is 1. The summed E-state index contributed by atoms with van der Waals surface area (Å²) >= 11 is 24.7. The number of aryl methyl sites for hydroxylation is 1. The van der Waals surface area contributed by atoms with Crippen LogP contribution in [-0.2, 0) is 27.8 Å². The molecule has 0 saturated carbocycles. The molecule has 0 fully saturated rings. The number of nitrogens with zero attached hydrogens (tertiary/aromatic N) is 2. The number of halogens is 4. The molecule has 1 aliphatic carbocycles. The molecule has 0 saturated heterocycles. The number of fused-ring (bicyclic) bond motifs is 1. The largest absolute Gasteiger partial charge is 0.273 e. The highest BCUT2D eigenvalue weighted by Crippen LogP contribution is 2.34. The normalized spacial score (nSPS) is 13.4. The van der Waals surface area contributed by atoms with Crippen LogP contribution in [0, 0.1) is 0 Å². The fraction of sp³-hybridized carbons (Fsp3) is 0.190. The molecule has 172 valence electrons. The van der Waals surface area contributed by atoms with E-state index in [4.69, 9.17) is 46.4 Å². The molecule has 1 aliphatic rings. The molecule has 12 heteroatoms. The monoisotopic (exact) mass is 561 g/mol. The predicted octanol–water partition coefficient (Wildman–Crippen LogP) is 5.99. The van der Waals surface area contributed by atoms with Gasteiger partial charge in [-0.25, -0.2) is 13.1 Å². The molecule has 0 aliphatic heterocycles. The Morgan fingerprint density at radius 1 is 1.18 bits per heavy atom. The van der Waals surface area contributed by atoms with Gasteiger partial charge in [-0.2, -0.15) is 5.10 Å². The fourth-order valence-electron chi connectivity index (χ4n) is 3.43. The van der Waals surface area contributed by atoms with Crippen molar-refractivity contribution in [2.24, 2.45) is 0 Å². The highest BCUT2D eigenvalue weighted by molar-refractivity contribution is 7.92. The van der Waals surface area contributed by atoms with Crippen LogP contribution in [0.2, 0.25) is 19.4 Å². The first kappa shape index (κ1) is 24.4. The van der Waals surface area contributed by atoms with E-state index in [-0.39, 0.29) is 13.6 Å². The van der Waals surface area contributed by atoms with E-state index in [0.29, 0.717) is 23.0 Å². The molecule has 2 heterocycles. The van der Waals surface area contributed by atoms with Gasteiger partial charge in [-0.15, -0.1) is 17.1 Å². The van der Waals surface area contributed by atoms with E-state index >= 15 is 0 Å². The van der Waals surface area contributed by atoms with Gasteiger partial charge >= 0.3 is 0 Å². The third kappa shape index (κ3) is 5.49. The number of hydrogen-bond acceptors (Lipinski definition) is 5. The lowest BCUT2D eigenvalue weighted by Gasteiger charge is -2.16. The minimum absolute atomic E-state index is 0.107. The van der Waals surface area contributed by atoms with Gasteiger partial charge in [-0.3, -0.25) is 9.48 Å². The standard InChI is InChI=1S/C21H15Cl4N3O3S2/c22-15-6-4-14(16(23)8-15)11-28-20-12(2-1-3-13(20)10-26-28)5-7-18(29)27-33(30,31)19-9-17(24)21(25)32-19/h4,6-10H,1-3,11H2,(H,27,29). The molecule has 2 aromatic heterocycles. The summed E-state index contributed by atoms with van der Waals surface area (Å²) < 4.78 is 28.6. The lowest BCUT2D eigenvalue weighted by Crippen LogP contribution is -2.28. The van der Waals surface area contributed by atoms with Crippen molar-refractivity contribution in [3.63, 3.8) is 0 Å². The molecule has 1 amide bonds. The van der Waals surface area contributed by atoms with Crippen molar-refractivity contribution in [2.45, 2.75) is 30.0 Å². The summed E-state index contributed by atoms with van der Waals surface area (Å²) in [6.07, 6.45) is 5.23. The number of carbonyl (C=O) groups is 1. The molecule has 1 N–H and O–H groups in total. The van der Waals surface area contributed by atoms with E-state index in [9.17, 15) is 13.2 Å². The van der Waals surface area contributed by atoms with Crippen LogP contribution >= 0.6 is 57.7 Å². The van der Waals surface area contributed by atoms with Crippen molar-refractivity contribution >= 4 is 79.2 Å². The molecular formula is C21H15Cl4N3O3S2. The number of benzene rings is 1. The van der Waals surface area contributed by atoms with Crippen molar-refractivity contribution in [3.05, 3.63) is 78.5 Å². The predicted molar refractivity (Wildman–Crippen MR) is 132 cm³/mol. The second-order valence-corrected chi connectivity index (χ2v) is 12.0. The third-order valence-electron chi connectivity index (χ3n) is 4.91. The average Bonchev–Trinajstić information content (AvgIpc) is 3.32. The van der Waals surface area contributed by atoms with Crippen LogP contribution in [0.1, 0.15) is 29.7 Å². The van der Waals surface area contributed by atoms with Crippen LogP contribution in [-0.4, -0.2) is 24.1 Å². The smallest absolute Gasteiger partial charge is 0.268 e. The highest BCUT2D eigenvalue weighted by atomic mass is 35.5. The van der Waals surface area contributed by atoms with Gasteiger partial charge < -0.3 is 0 Å². The zero-order valence-electron chi connectivity index (χ0n) is 16.7. The maximum Gasteiger partial charge on any atom is 0.273 e. The second kappa shape index (κ2) is 9.84. The van der Waals surface area contributed by atoms with Crippen molar-refractivity contribution in [2.75, 3.05) is 0 Å². The van der Waals surface area contributed by atoms with Crippen LogP contribution in [0.5, 0.6) is 0 Å². The Labute approximate surface area is 214 Å². The SMILES string of the molecule is O=C(C=C=C1CCCc2cnn(Cc3ccc(Cl)cc3Cl)c21)NS(=O)(=O)c1cc(Cl)c(Cl)s1. The second-order valence-electron chi connectivity index (χ2n) is 7.19. The van der Waals surface area contributed by atoms with E-state index in [1.807, 2.05) is 10.8 Å². The molecule has 0 atom stereocenters. The molecule has 0 unspecified atom stereocenters. The van der Waals surface area contributed by atoms with Crippen molar-refractivity contribution < 1.29 is 13.2 Å². The summed E-state index contributed by atoms with van der Waals surface area (Å²) in [6.45, 7) is 0.414. The van der Waals surface area contributed by atoms with E-state index in [0.717, 1.165) is 52.6 Å². The Kier molecular flexibility index (Phi) is 7.26. The van der Waals surface area contributed by atoms with Crippen LogP contribution in [0.25, 0.3) is 5.57 Å². The van der Waals surface area contributed by atoms with Gasteiger partial charge in [-0.1, -0.05) is 52.5 Å². The van der Waals surface area contributed by atoms with Gasteiger partial charge in [-0.05, 0) is 48.6 Å². The van der Waals surface area contributed by atoms with Gasteiger partial charge in [0.05, 0.1) is 23.5 Å². The zero-order chi connectivity index (χ0) is 23.8. The van der Waals surface area contributed by atoms with E-state index in [1.54, 1.807) is 23.0 Å². The molecule has 6 nitrogen and oxygen atoms in total. The maximum absolute atomic E-state index is 12.4. The number of aromatic nitrogens is 2. The Hall–Kier alpha value is -1.77. The number of rotatable bonds is 5. The zero-order valence-corrected chi connectivity index (χ0v) is 21.4. The van der Waals surface area contributed by atoms with Crippen LogP contribution in [0.4, 0.5) is 0 Å². The molecule has 33 heavy (non-hydrogen) atoms. The van der Waals surface area contributed by atoms with E-state index in [2.05, 4.69) is 10.8 Å². The van der Waals surface area contributed by atoms with Gasteiger partial charge in [0.15, 0.2) is 0 Å². The van der Waals surface area contributed by atoms with Gasteiger partial charge in [0, 0.05) is 21.7 Å². The number of thiophene rings is 1. The molecular weight excluding hydrogens is 548 g/mol. The number of carbonyl (C=O) groups excluding carboxylic acids is 1. The number of hydrogen-bond donors (Lipinski definition) is 1. The maximum atomic E-state index is 12.4. The quantitative estimate of drug-likeness (QED) is 0.306. The topological polar surface area (TPSA) is 81.1 Å². The fourth-order valence-corrected chi connectivity index (χ4v) is 6.71. The van der Waals surface area contributed by atoms with Crippen LogP contribution < -0.4 is 4.72 Å². The van der Waals surface area contributed by atoms with E-state index in [1.165, 1.54) is 6.07 Å². The van der Waals surface area contributed by atoms with Crippen LogP contribution in [0.3, 0.4) is 0 Å². The summed E-state index contributed by atoms with van der Waals surface area (Å²) in [5.74, 6) is -0.831. The molecule has 0 spiro atoms. The summed E-state index contributed by atoms with van der Waals surface area (Å²) in [6, 6.07) is 6.46. The average molecular weight is 563 g/mol. The van der Waals surface area contributed by atoms with Gasteiger partial charge in [0.1, 0.15) is 8.55 Å². The first-order chi connectivity index (χ1) is 15.6. The lowest BCUT2D eigenvalue weighted by atomic mass is 9.93. The number of nitrogens with one attached hydrogen (secondary N) is 1. The Morgan fingerprint density at radius 3 is 2.67 bits per heavy atom. The molecule has 3 aromatic rings. The minimum Gasteiger partial charge on any atom is -0.268 e. The van der Waals surface area contributed by atoms with Gasteiger partial charge in [0.25, 0.3) is 15.9 Å². The van der Waals surface area contributed by atoms with Crippen molar-refractivity contribution in [3.8, 4) is 0 Å². The van der Waals surface area contributed by atoms with Crippen molar-refractivity contribution in [1.82, 2.24) is 14.5 Å². The first-order valence-corrected chi connectivity index (χ1v) is 13.4. The Balaban J connectivity index is 1.60. The number of sulfonamides is 1. The third-order valence-corrected chi connectivity index (χ3v) is 9.18. The molecule has 4 rings (SSSR count). The van der Waals surface area contributed by atoms with Gasteiger partial charge in [0.2, 0.25) is 0 Å². The summed E-state index contributed by atoms with van der Waals surface area (Å²) in [5.41, 5.74) is 6.43. The Bertz CT molecular complexity index is 1400. The van der Waals surface area contributed by atoms with Crippen molar-refractivity contribution in [1.29, 1.82) is 0 Å². The lowest BCUT2D eigenvalue weighted by molar-refractivity contribution is -0.114. The van der Waals surface area contributed by atoms with Crippen LogP contribution in [0.15, 0.2) is 46.5 Å². The first-order valence-electron chi connectivity index (χ1n) is 9.60. The summed E-state index contributed by atoms with van der Waals surface area (Å²) in [4.78, 5) is 12.3. The highest BCUT2D eigenvalue weighted by Gasteiger charge is 2.22. The minimum atomic E-state index is -4.09. The molecule has 1 aromatic carbocycles. The summed E-state index contributed by atoms with van der Waals surface area (Å²) in [5, 5.41) is 5.66.